The fourth-order valence-electron chi connectivity index (χ4n) is 2.04. The van der Waals surface area contributed by atoms with Gasteiger partial charge in [-0.25, -0.2) is 0 Å². The van der Waals surface area contributed by atoms with Crippen LogP contribution in [0.3, 0.4) is 0 Å². The van der Waals surface area contributed by atoms with E-state index in [2.05, 4.69) is 6.92 Å². The molecule has 24 heavy (non-hydrogen) atoms. The predicted octanol–water partition coefficient (Wildman–Crippen LogP) is 4.51. The lowest BCUT2D eigenvalue weighted by Crippen LogP contribution is -2.26. The molecule has 4 nitrogen and oxygen atoms in total. The van der Waals surface area contributed by atoms with Crippen LogP contribution in [0.15, 0.2) is 48.6 Å². The first-order chi connectivity index (χ1) is 11.5. The molecule has 0 saturated heterocycles. The van der Waals surface area contributed by atoms with Crippen molar-refractivity contribution in [2.75, 3.05) is 0 Å². The van der Waals surface area contributed by atoms with Gasteiger partial charge < -0.3 is 15.3 Å². The van der Waals surface area contributed by atoms with E-state index in [1.54, 1.807) is 6.08 Å². The molecule has 0 aromatic rings. The Morgan fingerprint density at radius 2 is 1.62 bits per heavy atom. The molecule has 0 spiro atoms. The quantitative estimate of drug-likeness (QED) is 0.189. The molecule has 0 aromatic heterocycles. The summed E-state index contributed by atoms with van der Waals surface area (Å²) >= 11 is 0. The summed E-state index contributed by atoms with van der Waals surface area (Å²) in [6, 6.07) is 0. The minimum atomic E-state index is -1.60. The summed E-state index contributed by atoms with van der Waals surface area (Å²) in [5.41, 5.74) is 0. The van der Waals surface area contributed by atoms with Gasteiger partial charge in [-0.05, 0) is 25.7 Å². The van der Waals surface area contributed by atoms with Crippen LogP contribution in [0.1, 0.15) is 64.7 Å². The first-order valence-electron chi connectivity index (χ1n) is 8.78. The van der Waals surface area contributed by atoms with Crippen LogP contribution >= 0.6 is 0 Å². The van der Waals surface area contributed by atoms with E-state index in [1.807, 2.05) is 42.5 Å². The molecule has 4 heteroatoms. The molecule has 0 aliphatic rings. The molecule has 0 rings (SSSR count). The van der Waals surface area contributed by atoms with Gasteiger partial charge in [0, 0.05) is 19.3 Å². The average Bonchev–Trinajstić information content (AvgIpc) is 2.51. The topological polar surface area (TPSA) is 77.8 Å². The van der Waals surface area contributed by atoms with Gasteiger partial charge in [0.05, 0.1) is 0 Å². The van der Waals surface area contributed by atoms with Crippen molar-refractivity contribution in [3.05, 3.63) is 48.6 Å². The van der Waals surface area contributed by atoms with Crippen molar-refractivity contribution in [1.29, 1.82) is 0 Å². The highest BCUT2D eigenvalue weighted by atomic mass is 16.5. The van der Waals surface area contributed by atoms with E-state index < -0.39 is 11.8 Å². The number of unbranched alkanes of at least 4 members (excludes halogenated alkanes) is 3. The first kappa shape index (κ1) is 22.4. The maximum Gasteiger partial charge on any atom is 0.303 e. The standard InChI is InChI=1S/C20H32O4/c1-2-3-14-17-20(23,24)18-15-12-10-8-6-4-5-7-9-11-13-16-19(21)22/h4,6-10,12,15,23-24H,2-3,5,11,13-14,16-18H2,1H3,(H,21,22)/b6-4+,9-7+,10-8+,15-12+. The highest BCUT2D eigenvalue weighted by Crippen LogP contribution is 2.16. The lowest BCUT2D eigenvalue weighted by molar-refractivity contribution is -0.163. The van der Waals surface area contributed by atoms with E-state index in [4.69, 9.17) is 5.11 Å². The lowest BCUT2D eigenvalue weighted by atomic mass is 10.0. The second kappa shape index (κ2) is 14.9. The number of aliphatic carboxylic acids is 1. The van der Waals surface area contributed by atoms with Crippen LogP contribution in [0, 0.1) is 0 Å². The summed E-state index contributed by atoms with van der Waals surface area (Å²) in [5.74, 6) is -2.34. The Labute approximate surface area is 145 Å². The molecule has 0 unspecified atom stereocenters. The summed E-state index contributed by atoms with van der Waals surface area (Å²) < 4.78 is 0. The Kier molecular flexibility index (Phi) is 13.9. The van der Waals surface area contributed by atoms with Crippen molar-refractivity contribution in [3.8, 4) is 0 Å². The van der Waals surface area contributed by atoms with E-state index in [1.165, 1.54) is 0 Å². The molecule has 0 heterocycles. The van der Waals surface area contributed by atoms with Gasteiger partial charge in [0.2, 0.25) is 0 Å². The molecule has 0 amide bonds. The fraction of sp³-hybridized carbons (Fsp3) is 0.550. The van der Waals surface area contributed by atoms with E-state index in [0.717, 1.165) is 32.1 Å². The number of hydrogen-bond acceptors (Lipinski definition) is 3. The molecule has 0 radical (unpaired) electrons. The number of carboxylic acid groups (broad SMARTS) is 1. The smallest absolute Gasteiger partial charge is 0.303 e. The molecule has 0 aromatic carbocycles. The normalized spacial score (nSPS) is 13.1. The van der Waals surface area contributed by atoms with Crippen LogP contribution in [0.25, 0.3) is 0 Å². The second-order valence-electron chi connectivity index (χ2n) is 5.88. The fourth-order valence-corrected chi connectivity index (χ4v) is 2.04. The highest BCUT2D eigenvalue weighted by Gasteiger charge is 2.19. The molecule has 3 N–H and O–H groups in total. The van der Waals surface area contributed by atoms with Crippen LogP contribution in [0.5, 0.6) is 0 Å². The minimum Gasteiger partial charge on any atom is -0.481 e. The molecule has 0 fully saturated rings. The maximum absolute atomic E-state index is 10.3. The van der Waals surface area contributed by atoms with Gasteiger partial charge >= 0.3 is 5.97 Å². The van der Waals surface area contributed by atoms with Crippen LogP contribution in [0.4, 0.5) is 0 Å². The molecular formula is C20H32O4. The van der Waals surface area contributed by atoms with Crippen LogP contribution in [0.2, 0.25) is 0 Å². The molecular weight excluding hydrogens is 304 g/mol. The summed E-state index contributed by atoms with van der Waals surface area (Å²) in [5, 5.41) is 28.0. The highest BCUT2D eigenvalue weighted by molar-refractivity contribution is 5.66. The average molecular weight is 336 g/mol. The molecule has 0 aliphatic carbocycles. The lowest BCUT2D eigenvalue weighted by Gasteiger charge is -2.19. The molecule has 0 aliphatic heterocycles. The number of carbonyl (C=O) groups is 1. The molecule has 0 saturated carbocycles. The van der Waals surface area contributed by atoms with Crippen molar-refractivity contribution in [3.63, 3.8) is 0 Å². The Balaban J connectivity index is 3.75. The number of aliphatic hydroxyl groups is 2. The zero-order valence-corrected chi connectivity index (χ0v) is 14.7. The van der Waals surface area contributed by atoms with Crippen LogP contribution in [-0.4, -0.2) is 27.1 Å². The third kappa shape index (κ3) is 16.7. The number of carboxylic acids is 1. The molecule has 136 valence electrons. The summed E-state index contributed by atoms with van der Waals surface area (Å²) in [6.07, 6.45) is 21.3. The summed E-state index contributed by atoms with van der Waals surface area (Å²) in [4.78, 5) is 10.3. The van der Waals surface area contributed by atoms with Crippen molar-refractivity contribution in [2.45, 2.75) is 70.5 Å². The van der Waals surface area contributed by atoms with E-state index in [-0.39, 0.29) is 12.8 Å². The first-order valence-corrected chi connectivity index (χ1v) is 8.78. The predicted molar refractivity (Wildman–Crippen MR) is 98.6 cm³/mol. The summed E-state index contributed by atoms with van der Waals surface area (Å²) in [6.45, 7) is 2.09. The van der Waals surface area contributed by atoms with Gasteiger partial charge in [-0.15, -0.1) is 0 Å². The van der Waals surface area contributed by atoms with Crippen LogP contribution < -0.4 is 0 Å². The van der Waals surface area contributed by atoms with E-state index in [9.17, 15) is 15.0 Å². The van der Waals surface area contributed by atoms with Gasteiger partial charge in [0.25, 0.3) is 0 Å². The van der Waals surface area contributed by atoms with Gasteiger partial charge in [-0.2, -0.15) is 0 Å². The van der Waals surface area contributed by atoms with Crippen molar-refractivity contribution in [1.82, 2.24) is 0 Å². The third-order valence-corrected chi connectivity index (χ3v) is 3.43. The molecule has 0 atom stereocenters. The molecule has 0 bridgehead atoms. The number of hydrogen-bond donors (Lipinski definition) is 3. The number of allylic oxidation sites excluding steroid dienone is 7. The van der Waals surface area contributed by atoms with E-state index >= 15 is 0 Å². The maximum atomic E-state index is 10.3. The van der Waals surface area contributed by atoms with Crippen molar-refractivity contribution in [2.24, 2.45) is 0 Å². The summed E-state index contributed by atoms with van der Waals surface area (Å²) in [7, 11) is 0. The van der Waals surface area contributed by atoms with E-state index in [0.29, 0.717) is 12.8 Å². The van der Waals surface area contributed by atoms with Gasteiger partial charge in [0.1, 0.15) is 0 Å². The minimum absolute atomic E-state index is 0.219. The van der Waals surface area contributed by atoms with Gasteiger partial charge in [-0.1, -0.05) is 68.4 Å². The Bertz CT molecular complexity index is 431. The Hall–Kier alpha value is -1.65. The monoisotopic (exact) mass is 336 g/mol. The van der Waals surface area contributed by atoms with Crippen molar-refractivity contribution >= 4 is 5.97 Å². The zero-order valence-electron chi connectivity index (χ0n) is 14.7. The van der Waals surface area contributed by atoms with Crippen LogP contribution in [-0.2, 0) is 4.79 Å². The zero-order chi connectivity index (χ0) is 18.1. The van der Waals surface area contributed by atoms with Crippen molar-refractivity contribution < 1.29 is 20.1 Å². The Morgan fingerprint density at radius 1 is 0.917 bits per heavy atom. The number of rotatable bonds is 14. The largest absolute Gasteiger partial charge is 0.481 e. The third-order valence-electron chi connectivity index (χ3n) is 3.43. The van der Waals surface area contributed by atoms with Gasteiger partial charge in [0.15, 0.2) is 5.79 Å². The SMILES string of the molecule is CCCCCC(O)(O)C/C=C/C=C/C=C/C/C=C/CCCC(=O)O. The Morgan fingerprint density at radius 3 is 2.29 bits per heavy atom. The second-order valence-corrected chi connectivity index (χ2v) is 5.88. The van der Waals surface area contributed by atoms with Gasteiger partial charge in [-0.3, -0.25) is 4.79 Å².